The predicted molar refractivity (Wildman–Crippen MR) is 89.8 cm³/mol. The molecule has 0 saturated carbocycles. The number of carbonyl (C=O) groups is 1. The van der Waals surface area contributed by atoms with E-state index in [4.69, 9.17) is 4.74 Å². The quantitative estimate of drug-likeness (QED) is 0.486. The Morgan fingerprint density at radius 3 is 2.85 bits per heavy atom. The highest BCUT2D eigenvalue weighted by atomic mass is 127. The van der Waals surface area contributed by atoms with Gasteiger partial charge >= 0.3 is 0 Å². The Labute approximate surface area is 135 Å². The van der Waals surface area contributed by atoms with E-state index < -0.39 is 0 Å². The number of aryl methyl sites for hydroxylation is 1. The molecule has 6 heteroatoms. The van der Waals surface area contributed by atoms with Gasteiger partial charge in [0, 0.05) is 10.4 Å². The fourth-order valence-electron chi connectivity index (χ4n) is 1.54. The van der Waals surface area contributed by atoms with Gasteiger partial charge in [0.05, 0.1) is 16.9 Å². The number of methoxy groups -OCH3 is 1. The van der Waals surface area contributed by atoms with E-state index in [0.29, 0.717) is 5.56 Å². The third kappa shape index (κ3) is 3.57. The summed E-state index contributed by atoms with van der Waals surface area (Å²) in [7, 11) is 1.60. The summed E-state index contributed by atoms with van der Waals surface area (Å²) in [5.41, 5.74) is 4.22. The molecule has 0 spiro atoms. The highest BCUT2D eigenvalue weighted by Gasteiger charge is 2.07. The zero-order chi connectivity index (χ0) is 14.5. The van der Waals surface area contributed by atoms with Gasteiger partial charge in [0.15, 0.2) is 0 Å². The first-order valence-corrected chi connectivity index (χ1v) is 7.78. The van der Waals surface area contributed by atoms with E-state index in [1.54, 1.807) is 42.9 Å². The third-order valence-electron chi connectivity index (χ3n) is 2.66. The third-order valence-corrected chi connectivity index (χ3v) is 4.46. The molecule has 1 N–H and O–H groups in total. The van der Waals surface area contributed by atoms with Gasteiger partial charge in [0.2, 0.25) is 0 Å². The van der Waals surface area contributed by atoms with Crippen molar-refractivity contribution in [2.24, 2.45) is 5.10 Å². The van der Waals surface area contributed by atoms with Crippen LogP contribution in [0, 0.1) is 10.5 Å². The molecule has 2 aromatic rings. The number of hydrogen-bond acceptors (Lipinski definition) is 4. The molecular formula is C14H13IN2O2S. The number of thiophene rings is 1. The maximum Gasteiger partial charge on any atom is 0.271 e. The number of hydrogen-bond donors (Lipinski definition) is 1. The molecule has 104 valence electrons. The first-order chi connectivity index (χ1) is 9.61. The van der Waals surface area contributed by atoms with Crippen LogP contribution in [0.2, 0.25) is 0 Å². The summed E-state index contributed by atoms with van der Waals surface area (Å²) in [6.45, 7) is 2.01. The number of rotatable bonds is 4. The van der Waals surface area contributed by atoms with Crippen molar-refractivity contribution in [2.75, 3.05) is 7.11 Å². The first kappa shape index (κ1) is 15.0. The highest BCUT2D eigenvalue weighted by molar-refractivity contribution is 14.1. The lowest BCUT2D eigenvalue weighted by Crippen LogP contribution is -2.17. The Morgan fingerprint density at radius 2 is 2.25 bits per heavy atom. The molecule has 0 aliphatic carbocycles. The van der Waals surface area contributed by atoms with Crippen LogP contribution < -0.4 is 10.2 Å². The number of hydrazone groups is 1. The second-order valence-electron chi connectivity index (χ2n) is 4.02. The van der Waals surface area contributed by atoms with E-state index in [0.717, 1.165) is 19.8 Å². The summed E-state index contributed by atoms with van der Waals surface area (Å²) in [5.74, 6) is 0.510. The number of carbonyl (C=O) groups excluding carboxylic acids is 1. The van der Waals surface area contributed by atoms with E-state index in [1.165, 1.54) is 0 Å². The minimum Gasteiger partial charge on any atom is -0.496 e. The van der Waals surface area contributed by atoms with Gasteiger partial charge in [-0.15, -0.1) is 11.3 Å². The van der Waals surface area contributed by atoms with E-state index in [2.05, 4.69) is 33.1 Å². The molecule has 0 saturated heterocycles. The number of nitrogens with zero attached hydrogens (tertiary/aromatic N) is 1. The fraction of sp³-hybridized carbons (Fsp3) is 0.143. The van der Waals surface area contributed by atoms with E-state index >= 15 is 0 Å². The molecular weight excluding hydrogens is 387 g/mol. The summed E-state index contributed by atoms with van der Waals surface area (Å²) in [6.07, 6.45) is 1.66. The van der Waals surface area contributed by atoms with Crippen LogP contribution in [0.1, 0.15) is 20.8 Å². The minimum absolute atomic E-state index is 0.240. The SMILES string of the molecule is COc1ccc(C(=O)N/N=C\c2sccc2C)cc1I. The van der Waals surface area contributed by atoms with Gasteiger partial charge in [0.1, 0.15) is 5.75 Å². The van der Waals surface area contributed by atoms with Crippen molar-refractivity contribution in [2.45, 2.75) is 6.92 Å². The second kappa shape index (κ2) is 6.85. The van der Waals surface area contributed by atoms with Gasteiger partial charge in [-0.05, 0) is 64.7 Å². The van der Waals surface area contributed by atoms with Crippen LogP contribution in [-0.4, -0.2) is 19.2 Å². The summed E-state index contributed by atoms with van der Waals surface area (Å²) in [4.78, 5) is 13.0. The van der Waals surface area contributed by atoms with Crippen molar-refractivity contribution in [1.82, 2.24) is 5.43 Å². The lowest BCUT2D eigenvalue weighted by Gasteiger charge is -2.05. The standard InChI is InChI=1S/C14H13IN2O2S/c1-9-5-6-20-13(9)8-16-17-14(18)10-3-4-12(19-2)11(15)7-10/h3-8H,1-2H3,(H,17,18)/b16-8-. The van der Waals surface area contributed by atoms with Crippen molar-refractivity contribution in [3.63, 3.8) is 0 Å². The molecule has 4 nitrogen and oxygen atoms in total. The Morgan fingerprint density at radius 1 is 1.45 bits per heavy atom. The van der Waals surface area contributed by atoms with E-state index in [-0.39, 0.29) is 5.91 Å². The maximum atomic E-state index is 11.9. The first-order valence-electron chi connectivity index (χ1n) is 5.83. The smallest absolute Gasteiger partial charge is 0.271 e. The van der Waals surface area contributed by atoms with Crippen LogP contribution >= 0.6 is 33.9 Å². The molecule has 0 atom stereocenters. The number of benzene rings is 1. The molecule has 0 unspecified atom stereocenters. The largest absolute Gasteiger partial charge is 0.496 e. The van der Waals surface area contributed by atoms with Crippen molar-refractivity contribution in [3.05, 3.63) is 49.2 Å². The average molecular weight is 400 g/mol. The number of halogens is 1. The van der Waals surface area contributed by atoms with Crippen LogP contribution in [0.25, 0.3) is 0 Å². The lowest BCUT2D eigenvalue weighted by molar-refractivity contribution is 0.0955. The number of amides is 1. The summed E-state index contributed by atoms with van der Waals surface area (Å²) >= 11 is 3.71. The lowest BCUT2D eigenvalue weighted by atomic mass is 10.2. The maximum absolute atomic E-state index is 11.9. The molecule has 2 rings (SSSR count). The number of nitrogens with one attached hydrogen (secondary N) is 1. The Bertz CT molecular complexity index is 652. The van der Waals surface area contributed by atoms with Crippen molar-refractivity contribution in [3.8, 4) is 5.75 Å². The highest BCUT2D eigenvalue weighted by Crippen LogP contribution is 2.21. The Balaban J connectivity index is 2.03. The zero-order valence-electron chi connectivity index (χ0n) is 11.0. The fourth-order valence-corrected chi connectivity index (χ4v) is 3.06. The molecule has 1 heterocycles. The summed E-state index contributed by atoms with van der Waals surface area (Å²) < 4.78 is 6.04. The van der Waals surface area contributed by atoms with Gasteiger partial charge in [-0.2, -0.15) is 5.10 Å². The van der Waals surface area contributed by atoms with Crippen LogP contribution in [0.4, 0.5) is 0 Å². The molecule has 1 aromatic carbocycles. The van der Waals surface area contributed by atoms with Gasteiger partial charge in [-0.1, -0.05) is 0 Å². The summed E-state index contributed by atoms with van der Waals surface area (Å²) in [5, 5.41) is 5.97. The van der Waals surface area contributed by atoms with Gasteiger partial charge < -0.3 is 4.74 Å². The number of ether oxygens (including phenoxy) is 1. The van der Waals surface area contributed by atoms with Gasteiger partial charge in [0.25, 0.3) is 5.91 Å². The molecule has 0 radical (unpaired) electrons. The topological polar surface area (TPSA) is 50.7 Å². The molecule has 0 bridgehead atoms. The monoisotopic (exact) mass is 400 g/mol. The summed E-state index contributed by atoms with van der Waals surface area (Å²) in [6, 6.07) is 7.26. The Kier molecular flexibility index (Phi) is 5.13. The molecule has 0 aliphatic heterocycles. The van der Waals surface area contributed by atoms with Crippen LogP contribution in [0.5, 0.6) is 5.75 Å². The van der Waals surface area contributed by atoms with Crippen molar-refractivity contribution >= 4 is 46.0 Å². The minimum atomic E-state index is -0.240. The zero-order valence-corrected chi connectivity index (χ0v) is 14.0. The van der Waals surface area contributed by atoms with Gasteiger partial charge in [-0.25, -0.2) is 5.43 Å². The van der Waals surface area contributed by atoms with Crippen molar-refractivity contribution in [1.29, 1.82) is 0 Å². The van der Waals surface area contributed by atoms with Crippen LogP contribution in [0.15, 0.2) is 34.7 Å². The molecule has 1 aromatic heterocycles. The molecule has 0 fully saturated rings. The normalized spacial score (nSPS) is 10.8. The average Bonchev–Trinajstić information content (AvgIpc) is 2.84. The van der Waals surface area contributed by atoms with Crippen LogP contribution in [0.3, 0.4) is 0 Å². The second-order valence-corrected chi connectivity index (χ2v) is 6.13. The molecule has 20 heavy (non-hydrogen) atoms. The van der Waals surface area contributed by atoms with Gasteiger partial charge in [-0.3, -0.25) is 4.79 Å². The molecule has 1 amide bonds. The van der Waals surface area contributed by atoms with E-state index in [1.807, 2.05) is 18.4 Å². The van der Waals surface area contributed by atoms with Crippen LogP contribution in [-0.2, 0) is 0 Å². The van der Waals surface area contributed by atoms with Crippen molar-refractivity contribution < 1.29 is 9.53 Å². The van der Waals surface area contributed by atoms with E-state index in [9.17, 15) is 4.79 Å². The Hall–Kier alpha value is -1.41. The predicted octanol–water partition coefficient (Wildman–Crippen LogP) is 3.43. The molecule has 0 aliphatic rings.